The fraction of sp³-hybridized carbons (Fsp3) is 0.125. The Morgan fingerprint density at radius 3 is 2.55 bits per heavy atom. The molecule has 0 spiro atoms. The van der Waals surface area contributed by atoms with E-state index in [2.05, 4.69) is 35.3 Å². The van der Waals surface area contributed by atoms with Crippen LogP contribution in [-0.2, 0) is 6.61 Å². The summed E-state index contributed by atoms with van der Waals surface area (Å²) in [5.74, 6) is 1.58. The van der Waals surface area contributed by atoms with Gasteiger partial charge in [0.1, 0.15) is 18.2 Å². The molecule has 0 aliphatic heterocycles. The second kappa shape index (κ2) is 9.72. The zero-order valence-corrected chi connectivity index (χ0v) is 17.4. The van der Waals surface area contributed by atoms with E-state index >= 15 is 0 Å². The number of ether oxygens (including phenoxy) is 1. The summed E-state index contributed by atoms with van der Waals surface area (Å²) >= 11 is 3.55. The summed E-state index contributed by atoms with van der Waals surface area (Å²) in [7, 11) is 0. The van der Waals surface area contributed by atoms with Crippen molar-refractivity contribution < 1.29 is 9.13 Å². The minimum atomic E-state index is -0.233. The zero-order chi connectivity index (χ0) is 19.9. The van der Waals surface area contributed by atoms with Crippen LogP contribution in [0.1, 0.15) is 17.5 Å². The fourth-order valence-electron chi connectivity index (χ4n) is 2.77. The first-order valence-corrected chi connectivity index (χ1v) is 11.2. The number of hydrogen-bond acceptors (Lipinski definition) is 4. The van der Waals surface area contributed by atoms with Crippen LogP contribution >= 0.6 is 23.1 Å². The predicted molar refractivity (Wildman–Crippen MR) is 121 cm³/mol. The number of fused-ring (bicyclic) bond motifs is 1. The molecule has 3 aromatic carbocycles. The first kappa shape index (κ1) is 19.7. The second-order valence-corrected chi connectivity index (χ2v) is 8.84. The number of allylic oxidation sites excluding steroid dienone is 1. The van der Waals surface area contributed by atoms with Crippen LogP contribution in [0.3, 0.4) is 0 Å². The molecule has 0 amide bonds. The molecule has 4 aromatic rings. The highest BCUT2D eigenvalue weighted by Gasteiger charge is 2.02. The van der Waals surface area contributed by atoms with Gasteiger partial charge in [0, 0.05) is 5.75 Å². The van der Waals surface area contributed by atoms with Gasteiger partial charge in [0.2, 0.25) is 0 Å². The summed E-state index contributed by atoms with van der Waals surface area (Å²) in [6.07, 6.45) is 5.31. The van der Waals surface area contributed by atoms with Crippen LogP contribution in [0.25, 0.3) is 16.3 Å². The standard InChI is InChI=1S/C24H20FNOS2/c25-20-12-8-19(9-13-20)17-27-21-14-10-18(11-15-21)5-3-4-16-28-24-26-22-6-1-2-7-23(22)29-24/h1-3,5-15H,4,16-17H2/b5-3+. The largest absolute Gasteiger partial charge is 0.489 e. The van der Waals surface area contributed by atoms with Crippen molar-refractivity contribution in [1.82, 2.24) is 4.98 Å². The number of nitrogens with zero attached hydrogens (tertiary/aromatic N) is 1. The third-order valence-electron chi connectivity index (χ3n) is 4.29. The molecule has 5 heteroatoms. The molecular formula is C24H20FNOS2. The maximum absolute atomic E-state index is 12.9. The third kappa shape index (κ3) is 5.68. The van der Waals surface area contributed by atoms with Gasteiger partial charge in [-0.25, -0.2) is 9.37 Å². The summed E-state index contributed by atoms with van der Waals surface area (Å²) in [4.78, 5) is 4.65. The molecule has 146 valence electrons. The van der Waals surface area contributed by atoms with E-state index in [1.807, 2.05) is 30.3 Å². The Morgan fingerprint density at radius 2 is 1.76 bits per heavy atom. The molecule has 2 nitrogen and oxygen atoms in total. The summed E-state index contributed by atoms with van der Waals surface area (Å²) in [5, 5.41) is 0. The van der Waals surface area contributed by atoms with Crippen molar-refractivity contribution in [2.75, 3.05) is 5.75 Å². The molecule has 4 rings (SSSR count). The van der Waals surface area contributed by atoms with E-state index in [1.165, 1.54) is 16.8 Å². The molecule has 0 saturated heterocycles. The predicted octanol–water partition coefficient (Wildman–Crippen LogP) is 7.21. The first-order chi connectivity index (χ1) is 14.3. The van der Waals surface area contributed by atoms with Gasteiger partial charge in [-0.3, -0.25) is 0 Å². The van der Waals surface area contributed by atoms with E-state index in [-0.39, 0.29) is 5.82 Å². The first-order valence-electron chi connectivity index (χ1n) is 9.38. The van der Waals surface area contributed by atoms with Gasteiger partial charge >= 0.3 is 0 Å². The van der Waals surface area contributed by atoms with E-state index < -0.39 is 0 Å². The van der Waals surface area contributed by atoms with E-state index in [1.54, 1.807) is 35.2 Å². The average Bonchev–Trinajstić information content (AvgIpc) is 3.17. The van der Waals surface area contributed by atoms with Gasteiger partial charge in [0.15, 0.2) is 4.34 Å². The Hall–Kier alpha value is -2.63. The number of hydrogen-bond donors (Lipinski definition) is 0. The number of benzene rings is 3. The Labute approximate surface area is 178 Å². The lowest BCUT2D eigenvalue weighted by molar-refractivity contribution is 0.306. The van der Waals surface area contributed by atoms with E-state index in [0.717, 1.165) is 38.9 Å². The molecule has 29 heavy (non-hydrogen) atoms. The van der Waals surface area contributed by atoms with Crippen molar-refractivity contribution in [2.24, 2.45) is 0 Å². The van der Waals surface area contributed by atoms with Crippen LogP contribution < -0.4 is 4.74 Å². The Kier molecular flexibility index (Phi) is 6.60. The van der Waals surface area contributed by atoms with Crippen LogP contribution in [0.4, 0.5) is 4.39 Å². The quantitative estimate of drug-likeness (QED) is 0.222. The normalized spacial score (nSPS) is 11.3. The molecular weight excluding hydrogens is 401 g/mol. The van der Waals surface area contributed by atoms with Gasteiger partial charge in [-0.1, -0.05) is 60.3 Å². The van der Waals surface area contributed by atoms with E-state index in [4.69, 9.17) is 4.74 Å². The second-order valence-electron chi connectivity index (χ2n) is 6.47. The summed E-state index contributed by atoms with van der Waals surface area (Å²) in [6.45, 7) is 0.429. The van der Waals surface area contributed by atoms with Gasteiger partial charge in [-0.2, -0.15) is 0 Å². The average molecular weight is 422 g/mol. The molecule has 0 unspecified atom stereocenters. The molecule has 0 fully saturated rings. The third-order valence-corrected chi connectivity index (χ3v) is 6.51. The van der Waals surface area contributed by atoms with Gasteiger partial charge in [0.05, 0.1) is 10.2 Å². The highest BCUT2D eigenvalue weighted by Crippen LogP contribution is 2.29. The Balaban J connectivity index is 1.21. The maximum atomic E-state index is 12.9. The summed E-state index contributed by atoms with van der Waals surface area (Å²) in [5.41, 5.74) is 3.17. The minimum Gasteiger partial charge on any atom is -0.489 e. The lowest BCUT2D eigenvalue weighted by Crippen LogP contribution is -1.95. The van der Waals surface area contributed by atoms with Gasteiger partial charge in [-0.15, -0.1) is 11.3 Å². The smallest absolute Gasteiger partial charge is 0.151 e. The molecule has 0 N–H and O–H groups in total. The summed E-state index contributed by atoms with van der Waals surface area (Å²) in [6, 6.07) is 22.6. The monoisotopic (exact) mass is 421 g/mol. The van der Waals surface area contributed by atoms with Crippen LogP contribution in [0, 0.1) is 5.82 Å². The minimum absolute atomic E-state index is 0.233. The van der Waals surface area contributed by atoms with E-state index in [0.29, 0.717) is 6.61 Å². The van der Waals surface area contributed by atoms with Gasteiger partial charge in [-0.05, 0) is 53.9 Å². The molecule has 0 aliphatic carbocycles. The number of thioether (sulfide) groups is 1. The van der Waals surface area contributed by atoms with Crippen LogP contribution in [0.15, 0.2) is 83.2 Å². The topological polar surface area (TPSA) is 22.1 Å². The molecule has 0 aliphatic rings. The SMILES string of the molecule is Fc1ccc(COc2ccc(/C=C/CCSc3nc4ccccc4s3)cc2)cc1. The Morgan fingerprint density at radius 1 is 0.966 bits per heavy atom. The van der Waals surface area contributed by atoms with Crippen molar-refractivity contribution in [3.05, 3.63) is 95.8 Å². The van der Waals surface area contributed by atoms with Crippen molar-refractivity contribution >= 4 is 39.4 Å². The van der Waals surface area contributed by atoms with Gasteiger partial charge < -0.3 is 4.74 Å². The van der Waals surface area contributed by atoms with Crippen molar-refractivity contribution in [3.63, 3.8) is 0 Å². The maximum Gasteiger partial charge on any atom is 0.151 e. The highest BCUT2D eigenvalue weighted by atomic mass is 32.2. The number of halogens is 1. The number of thiazole rings is 1. The van der Waals surface area contributed by atoms with Gasteiger partial charge in [0.25, 0.3) is 0 Å². The Bertz CT molecular complexity index is 1060. The number of rotatable bonds is 8. The van der Waals surface area contributed by atoms with Crippen molar-refractivity contribution in [2.45, 2.75) is 17.4 Å². The van der Waals surface area contributed by atoms with Crippen LogP contribution in [0.5, 0.6) is 5.75 Å². The molecule has 1 aromatic heterocycles. The lowest BCUT2D eigenvalue weighted by atomic mass is 10.2. The molecule has 0 atom stereocenters. The van der Waals surface area contributed by atoms with Crippen molar-refractivity contribution in [1.29, 1.82) is 0 Å². The molecule has 1 heterocycles. The number of para-hydroxylation sites is 1. The number of aromatic nitrogens is 1. The van der Waals surface area contributed by atoms with E-state index in [9.17, 15) is 4.39 Å². The molecule has 0 bridgehead atoms. The summed E-state index contributed by atoms with van der Waals surface area (Å²) < 4.78 is 21.0. The lowest BCUT2D eigenvalue weighted by Gasteiger charge is -2.06. The highest BCUT2D eigenvalue weighted by molar-refractivity contribution is 8.01. The van der Waals surface area contributed by atoms with Crippen LogP contribution in [-0.4, -0.2) is 10.7 Å². The zero-order valence-electron chi connectivity index (χ0n) is 15.8. The van der Waals surface area contributed by atoms with Crippen molar-refractivity contribution in [3.8, 4) is 5.75 Å². The molecule has 0 saturated carbocycles. The van der Waals surface area contributed by atoms with Crippen LogP contribution in [0.2, 0.25) is 0 Å². The fourth-order valence-corrected chi connectivity index (χ4v) is 4.81. The molecule has 0 radical (unpaired) electrons.